The van der Waals surface area contributed by atoms with E-state index < -0.39 is 0 Å². The Hall–Kier alpha value is -1.48. The van der Waals surface area contributed by atoms with Crippen LogP contribution >= 0.6 is 34.4 Å². The molecular weight excluding hydrogens is 465 g/mol. The summed E-state index contributed by atoms with van der Waals surface area (Å²) in [5.41, 5.74) is 3.62. The molecule has 2 rings (SSSR count). The number of pyridine rings is 1. The minimum Gasteiger partial charge on any atom is -0.465 e. The summed E-state index contributed by atoms with van der Waals surface area (Å²) in [7, 11) is 0. The second kappa shape index (κ2) is 9.45. The van der Waals surface area contributed by atoms with Gasteiger partial charge in [-0.2, -0.15) is 0 Å². The summed E-state index contributed by atoms with van der Waals surface area (Å²) in [6.07, 6.45) is 0. The summed E-state index contributed by atoms with van der Waals surface area (Å²) in [6.45, 7) is 8.00. The van der Waals surface area contributed by atoms with E-state index in [0.717, 1.165) is 22.4 Å². The Morgan fingerprint density at radius 1 is 1.19 bits per heavy atom. The molecule has 1 aromatic carbocycles. The lowest BCUT2D eigenvalue weighted by molar-refractivity contribution is -0.139. The molecule has 0 saturated heterocycles. The molecule has 0 radical (unpaired) electrons. The first-order valence-electron chi connectivity index (χ1n) is 8.22. The SMILES string of the molecule is CCOC(=O)CSCc1c(C)[nH]c(=O)c(I)c1Oc1cc(C)cc(C)c1. The van der Waals surface area contributed by atoms with E-state index in [4.69, 9.17) is 9.47 Å². The Balaban J connectivity index is 2.31. The van der Waals surface area contributed by atoms with Crippen LogP contribution in [0, 0.1) is 24.3 Å². The maximum Gasteiger partial charge on any atom is 0.315 e. The van der Waals surface area contributed by atoms with Crippen molar-refractivity contribution >= 4 is 40.3 Å². The lowest BCUT2D eigenvalue weighted by atomic mass is 10.1. The summed E-state index contributed by atoms with van der Waals surface area (Å²) in [4.78, 5) is 26.6. The number of aromatic amines is 1. The van der Waals surface area contributed by atoms with Gasteiger partial charge < -0.3 is 14.5 Å². The molecule has 0 atom stereocenters. The predicted octanol–water partition coefficient (Wildman–Crippen LogP) is 4.49. The van der Waals surface area contributed by atoms with Gasteiger partial charge in [0.15, 0.2) is 5.75 Å². The van der Waals surface area contributed by atoms with Gasteiger partial charge in [-0.25, -0.2) is 0 Å². The number of rotatable bonds is 7. The fraction of sp³-hybridized carbons (Fsp3) is 0.368. The van der Waals surface area contributed by atoms with Crippen LogP contribution in [0.25, 0.3) is 0 Å². The number of halogens is 1. The highest BCUT2D eigenvalue weighted by Gasteiger charge is 2.17. The highest BCUT2D eigenvalue weighted by molar-refractivity contribution is 14.1. The molecule has 0 spiro atoms. The number of hydrogen-bond donors (Lipinski definition) is 1. The van der Waals surface area contributed by atoms with Crippen molar-refractivity contribution < 1.29 is 14.3 Å². The van der Waals surface area contributed by atoms with Crippen molar-refractivity contribution in [1.82, 2.24) is 4.98 Å². The zero-order valence-electron chi connectivity index (χ0n) is 15.3. The third-order valence-corrected chi connectivity index (χ3v) is 5.53. The number of benzene rings is 1. The first kappa shape index (κ1) is 20.8. The molecule has 0 amide bonds. The van der Waals surface area contributed by atoms with Crippen LogP contribution in [0.4, 0.5) is 0 Å². The van der Waals surface area contributed by atoms with Crippen LogP contribution in [0.3, 0.4) is 0 Å². The number of carbonyl (C=O) groups is 1. The number of thioether (sulfide) groups is 1. The van der Waals surface area contributed by atoms with Crippen LogP contribution in [-0.2, 0) is 15.3 Å². The first-order chi connectivity index (χ1) is 12.3. The fourth-order valence-electron chi connectivity index (χ4n) is 2.54. The standard InChI is InChI=1S/C19H22INO4S/c1-5-24-16(22)10-26-9-15-13(4)21-19(23)17(20)18(15)25-14-7-11(2)6-12(3)8-14/h6-8H,5,9-10H2,1-4H3,(H,21,23). The molecule has 1 aromatic heterocycles. The number of aryl methyl sites for hydroxylation is 3. The molecular formula is C19H22INO4S. The topological polar surface area (TPSA) is 68.4 Å². The Labute approximate surface area is 171 Å². The molecule has 0 bridgehead atoms. The van der Waals surface area contributed by atoms with Crippen molar-refractivity contribution in [2.24, 2.45) is 0 Å². The van der Waals surface area contributed by atoms with Gasteiger partial charge >= 0.3 is 5.97 Å². The molecule has 0 unspecified atom stereocenters. The average molecular weight is 487 g/mol. The molecule has 5 nitrogen and oxygen atoms in total. The van der Waals surface area contributed by atoms with Crippen molar-refractivity contribution in [3.05, 3.63) is 54.5 Å². The van der Waals surface area contributed by atoms with Gasteiger partial charge in [-0.1, -0.05) is 6.07 Å². The van der Waals surface area contributed by atoms with Crippen LogP contribution in [0.2, 0.25) is 0 Å². The fourth-order valence-corrected chi connectivity index (χ4v) is 4.01. The van der Waals surface area contributed by atoms with Crippen molar-refractivity contribution in [2.75, 3.05) is 12.4 Å². The average Bonchev–Trinajstić information content (AvgIpc) is 2.54. The van der Waals surface area contributed by atoms with Crippen molar-refractivity contribution in [3.63, 3.8) is 0 Å². The van der Waals surface area contributed by atoms with E-state index in [2.05, 4.69) is 11.1 Å². The highest BCUT2D eigenvalue weighted by Crippen LogP contribution is 2.33. The zero-order chi connectivity index (χ0) is 19.3. The van der Waals surface area contributed by atoms with Crippen LogP contribution < -0.4 is 10.3 Å². The lowest BCUT2D eigenvalue weighted by Crippen LogP contribution is -2.15. The number of H-pyrrole nitrogens is 1. The number of ether oxygens (including phenoxy) is 2. The Bertz CT molecular complexity index is 843. The van der Waals surface area contributed by atoms with Crippen LogP contribution in [-0.4, -0.2) is 23.3 Å². The van der Waals surface area contributed by atoms with Crippen LogP contribution in [0.1, 0.15) is 29.3 Å². The minimum atomic E-state index is -0.244. The molecule has 0 aliphatic heterocycles. The summed E-state index contributed by atoms with van der Waals surface area (Å²) in [6, 6.07) is 5.95. The third kappa shape index (κ3) is 5.51. The smallest absolute Gasteiger partial charge is 0.315 e. The second-order valence-electron chi connectivity index (χ2n) is 5.92. The summed E-state index contributed by atoms with van der Waals surface area (Å²) in [5, 5.41) is 0. The van der Waals surface area contributed by atoms with Gasteiger partial charge in [0.05, 0.1) is 12.4 Å². The lowest BCUT2D eigenvalue weighted by Gasteiger charge is -2.15. The molecule has 140 valence electrons. The van der Waals surface area contributed by atoms with Gasteiger partial charge in [-0.3, -0.25) is 9.59 Å². The number of hydrogen-bond acceptors (Lipinski definition) is 5. The first-order valence-corrected chi connectivity index (χ1v) is 10.5. The van der Waals surface area contributed by atoms with Crippen LogP contribution in [0.15, 0.2) is 23.0 Å². The quantitative estimate of drug-likeness (QED) is 0.461. The molecule has 26 heavy (non-hydrogen) atoms. The predicted molar refractivity (Wildman–Crippen MR) is 113 cm³/mol. The maximum absolute atomic E-state index is 12.2. The Morgan fingerprint density at radius 3 is 2.46 bits per heavy atom. The van der Waals surface area contributed by atoms with Gasteiger partial charge in [-0.15, -0.1) is 11.8 Å². The highest BCUT2D eigenvalue weighted by atomic mass is 127. The normalized spacial score (nSPS) is 10.7. The van der Waals surface area contributed by atoms with E-state index in [-0.39, 0.29) is 17.3 Å². The Kier molecular flexibility index (Phi) is 7.57. The Morgan fingerprint density at radius 2 is 1.85 bits per heavy atom. The summed E-state index contributed by atoms with van der Waals surface area (Å²) in [5.74, 6) is 1.80. The van der Waals surface area contributed by atoms with Gasteiger partial charge in [0.1, 0.15) is 9.32 Å². The summed E-state index contributed by atoms with van der Waals surface area (Å²) >= 11 is 3.43. The molecule has 0 saturated carbocycles. The molecule has 0 fully saturated rings. The molecule has 1 N–H and O–H groups in total. The van der Waals surface area contributed by atoms with Gasteiger partial charge in [0, 0.05) is 17.0 Å². The minimum absolute atomic E-state index is 0.179. The monoisotopic (exact) mass is 487 g/mol. The molecule has 0 aliphatic rings. The molecule has 2 aromatic rings. The van der Waals surface area contributed by atoms with E-state index in [1.807, 2.05) is 55.5 Å². The molecule has 0 aliphatic carbocycles. The van der Waals surface area contributed by atoms with Crippen molar-refractivity contribution in [2.45, 2.75) is 33.4 Å². The summed E-state index contributed by atoms with van der Waals surface area (Å²) < 4.78 is 11.6. The molecule has 7 heteroatoms. The van der Waals surface area contributed by atoms with E-state index in [9.17, 15) is 9.59 Å². The maximum atomic E-state index is 12.2. The van der Waals surface area contributed by atoms with Crippen LogP contribution in [0.5, 0.6) is 11.5 Å². The van der Waals surface area contributed by atoms with E-state index >= 15 is 0 Å². The van der Waals surface area contributed by atoms with Gasteiger partial charge in [0.2, 0.25) is 0 Å². The van der Waals surface area contributed by atoms with Crippen molar-refractivity contribution in [1.29, 1.82) is 0 Å². The zero-order valence-corrected chi connectivity index (χ0v) is 18.2. The number of esters is 1. The second-order valence-corrected chi connectivity index (χ2v) is 7.99. The van der Waals surface area contributed by atoms with E-state index in [0.29, 0.717) is 27.4 Å². The van der Waals surface area contributed by atoms with Gasteiger partial charge in [0.25, 0.3) is 5.56 Å². The van der Waals surface area contributed by atoms with E-state index in [1.165, 1.54) is 11.8 Å². The molecule has 1 heterocycles. The number of nitrogens with one attached hydrogen (secondary N) is 1. The number of aromatic nitrogens is 1. The third-order valence-electron chi connectivity index (χ3n) is 3.61. The van der Waals surface area contributed by atoms with E-state index in [1.54, 1.807) is 6.92 Å². The van der Waals surface area contributed by atoms with Crippen molar-refractivity contribution in [3.8, 4) is 11.5 Å². The number of carbonyl (C=O) groups excluding carboxylic acids is 1. The largest absolute Gasteiger partial charge is 0.465 e. The van der Waals surface area contributed by atoms with Gasteiger partial charge in [-0.05, 0) is 73.5 Å².